The lowest BCUT2D eigenvalue weighted by Crippen LogP contribution is -2.46. The molecule has 2 amide bonds. The molecule has 0 saturated carbocycles. The van der Waals surface area contributed by atoms with Gasteiger partial charge in [-0.3, -0.25) is 24.2 Å². The number of amides is 2. The van der Waals surface area contributed by atoms with Gasteiger partial charge in [-0.25, -0.2) is 4.98 Å². The summed E-state index contributed by atoms with van der Waals surface area (Å²) in [6, 6.07) is 6.46. The molecule has 0 bridgehead atoms. The molecule has 0 radical (unpaired) electrons. The van der Waals surface area contributed by atoms with Gasteiger partial charge in [0, 0.05) is 35.2 Å². The Morgan fingerprint density at radius 1 is 1.09 bits per heavy atom. The first-order valence-electron chi connectivity index (χ1n) is 13.7. The first kappa shape index (κ1) is 29.6. The van der Waals surface area contributed by atoms with Crippen molar-refractivity contribution in [2.45, 2.75) is 31.9 Å². The summed E-state index contributed by atoms with van der Waals surface area (Å²) in [6.45, 7) is 1.52. The lowest BCUT2D eigenvalue weighted by molar-refractivity contribution is -0.141. The molecule has 0 unspecified atom stereocenters. The first-order valence-corrected chi connectivity index (χ1v) is 14.0. The quantitative estimate of drug-likeness (QED) is 0.288. The zero-order valence-electron chi connectivity index (χ0n) is 23.6. The van der Waals surface area contributed by atoms with E-state index in [1.54, 1.807) is 18.2 Å². The number of para-hydroxylation sites is 1. The summed E-state index contributed by atoms with van der Waals surface area (Å²) in [5.41, 5.74) is 0.244. The van der Waals surface area contributed by atoms with Crippen molar-refractivity contribution in [3.63, 3.8) is 0 Å². The molecule has 1 fully saturated rings. The number of ketones is 2. The number of Topliss-reactive ketones (excluding diaryl/α,β-unsaturated/α-hetero) is 1. The zero-order chi connectivity index (χ0) is 31.8. The molecule has 0 spiro atoms. The van der Waals surface area contributed by atoms with Crippen LogP contribution >= 0.6 is 11.6 Å². The molecule has 228 valence electrons. The van der Waals surface area contributed by atoms with E-state index in [0.29, 0.717) is 17.2 Å². The fourth-order valence-electron chi connectivity index (χ4n) is 6.86. The number of aromatic hydroxyl groups is 1. The summed E-state index contributed by atoms with van der Waals surface area (Å²) in [7, 11) is 2.60. The minimum Gasteiger partial charge on any atom is -0.504 e. The van der Waals surface area contributed by atoms with Crippen LogP contribution in [0.2, 0.25) is 5.02 Å². The molecule has 44 heavy (non-hydrogen) atoms. The van der Waals surface area contributed by atoms with Crippen molar-refractivity contribution in [1.29, 1.82) is 0 Å². The van der Waals surface area contributed by atoms with Gasteiger partial charge in [0.15, 0.2) is 28.9 Å². The smallest absolute Gasteiger partial charge is 0.433 e. The Kier molecular flexibility index (Phi) is 6.95. The number of methoxy groups -OCH3 is 1. The van der Waals surface area contributed by atoms with Crippen LogP contribution in [0.25, 0.3) is 0 Å². The van der Waals surface area contributed by atoms with Gasteiger partial charge in [-0.15, -0.1) is 0 Å². The average Bonchev–Trinajstić information content (AvgIpc) is 3.23. The molecule has 2 aromatic rings. The van der Waals surface area contributed by atoms with E-state index in [9.17, 15) is 37.5 Å². The van der Waals surface area contributed by atoms with Gasteiger partial charge in [-0.1, -0.05) is 35.4 Å². The molecule has 1 saturated heterocycles. The van der Waals surface area contributed by atoms with Crippen molar-refractivity contribution in [3.05, 3.63) is 81.1 Å². The lowest BCUT2D eigenvalue weighted by atomic mass is 9.59. The number of imide groups is 1. The Morgan fingerprint density at radius 3 is 2.50 bits per heavy atom. The number of carbonyl (C=O) groups is 4. The highest BCUT2D eigenvalue weighted by Gasteiger charge is 2.58. The van der Waals surface area contributed by atoms with Crippen LogP contribution in [0.4, 0.5) is 19.0 Å². The van der Waals surface area contributed by atoms with E-state index in [4.69, 9.17) is 16.3 Å². The SMILES string of the molecule is COc1cccc([C@H]2C3=CC[C@@H]4C(=O)N(N(C)c5nc(C(F)(F)F)ccc5Cl)C(=O)[C@@H]4[C@@H]3CC3=C2C(=O)C=C(C)C3=O)c1O. The third-order valence-electron chi connectivity index (χ3n) is 8.82. The molecule has 4 aliphatic rings. The van der Waals surface area contributed by atoms with Crippen LogP contribution in [0, 0.1) is 17.8 Å². The van der Waals surface area contributed by atoms with Gasteiger partial charge in [0.05, 0.1) is 24.0 Å². The predicted octanol–water partition coefficient (Wildman–Crippen LogP) is 4.95. The van der Waals surface area contributed by atoms with Crippen molar-refractivity contribution >= 4 is 40.8 Å². The van der Waals surface area contributed by atoms with Crippen LogP contribution in [0.5, 0.6) is 11.5 Å². The molecule has 13 heteroatoms. The van der Waals surface area contributed by atoms with Gasteiger partial charge >= 0.3 is 6.18 Å². The minimum absolute atomic E-state index is 0.0154. The lowest BCUT2D eigenvalue weighted by Gasteiger charge is -2.42. The number of aromatic nitrogens is 1. The van der Waals surface area contributed by atoms with Gasteiger partial charge in [0.1, 0.15) is 5.69 Å². The minimum atomic E-state index is -4.79. The first-order chi connectivity index (χ1) is 20.8. The second-order valence-electron chi connectivity index (χ2n) is 11.1. The zero-order valence-corrected chi connectivity index (χ0v) is 24.4. The number of benzene rings is 1. The molecule has 3 aliphatic carbocycles. The number of alkyl halides is 3. The third kappa shape index (κ3) is 4.34. The third-order valence-corrected chi connectivity index (χ3v) is 9.12. The number of allylic oxidation sites excluding steroid dienone is 6. The van der Waals surface area contributed by atoms with E-state index < -0.39 is 59.0 Å². The van der Waals surface area contributed by atoms with E-state index in [0.717, 1.165) is 16.1 Å². The number of carbonyl (C=O) groups excluding carboxylic acids is 4. The average molecular weight is 628 g/mol. The standard InChI is InChI=1S/C31H25ClF3N3O6/c1-13-11-20(39)25-18(26(13)40)12-17-14(23(25)15-5-4-6-21(44-3)27(15)41)7-8-16-24(17)30(43)38(29(16)42)37(2)28-19(32)9-10-22(36-28)31(33,34)35/h4-7,9-11,16-17,23-24,41H,8,12H2,1-3H3/t16-,17+,23+,24-/m0/s1. The van der Waals surface area contributed by atoms with E-state index in [-0.39, 0.29) is 51.9 Å². The van der Waals surface area contributed by atoms with Crippen LogP contribution in [0.1, 0.15) is 36.9 Å². The van der Waals surface area contributed by atoms with Crippen LogP contribution in [-0.4, -0.2) is 52.6 Å². The second-order valence-corrected chi connectivity index (χ2v) is 11.5. The van der Waals surface area contributed by atoms with Crippen molar-refractivity contribution in [2.24, 2.45) is 17.8 Å². The normalized spacial score (nSPS) is 24.9. The number of anilines is 1. The number of pyridine rings is 1. The van der Waals surface area contributed by atoms with Crippen LogP contribution in [-0.2, 0) is 25.4 Å². The molecule has 9 nitrogen and oxygen atoms in total. The highest BCUT2D eigenvalue weighted by Crippen LogP contribution is 2.57. The Balaban J connectivity index is 1.45. The van der Waals surface area contributed by atoms with Gasteiger partial charge in [-0.2, -0.15) is 18.2 Å². The summed E-state index contributed by atoms with van der Waals surface area (Å²) in [5, 5.41) is 12.6. The Hall–Kier alpha value is -4.45. The van der Waals surface area contributed by atoms with Crippen LogP contribution in [0.15, 0.2) is 64.8 Å². The maximum absolute atomic E-state index is 14.1. The van der Waals surface area contributed by atoms with Gasteiger partial charge in [0.2, 0.25) is 0 Å². The Labute approximate surface area is 254 Å². The number of rotatable bonds is 4. The summed E-state index contributed by atoms with van der Waals surface area (Å²) >= 11 is 6.18. The highest BCUT2D eigenvalue weighted by molar-refractivity contribution is 6.33. The molecule has 1 aromatic carbocycles. The maximum Gasteiger partial charge on any atom is 0.433 e. The summed E-state index contributed by atoms with van der Waals surface area (Å²) in [6.07, 6.45) is -1.72. The van der Waals surface area contributed by atoms with Crippen LogP contribution < -0.4 is 9.75 Å². The highest BCUT2D eigenvalue weighted by atomic mass is 35.5. The molecule has 6 rings (SSSR count). The monoisotopic (exact) mass is 627 g/mol. The number of halogens is 4. The number of phenols is 1. The molecule has 2 heterocycles. The van der Waals surface area contributed by atoms with E-state index in [2.05, 4.69) is 4.98 Å². The number of fused-ring (bicyclic) bond motifs is 3. The fraction of sp³-hybridized carbons (Fsp3) is 0.323. The second kappa shape index (κ2) is 10.3. The topological polar surface area (TPSA) is 117 Å². The summed E-state index contributed by atoms with van der Waals surface area (Å²) in [5.74, 6) is -6.19. The number of nitrogens with zero attached hydrogens (tertiary/aromatic N) is 3. The molecule has 4 atom stereocenters. The summed E-state index contributed by atoms with van der Waals surface area (Å²) < 4.78 is 45.6. The number of hydrazine groups is 1. The van der Waals surface area contributed by atoms with Gasteiger partial charge in [-0.05, 0) is 50.0 Å². The largest absolute Gasteiger partial charge is 0.504 e. The van der Waals surface area contributed by atoms with Gasteiger partial charge in [0.25, 0.3) is 11.8 Å². The molecular weight excluding hydrogens is 603 g/mol. The number of hydrogen-bond acceptors (Lipinski definition) is 8. The Bertz CT molecular complexity index is 1760. The number of phenolic OH excluding ortho intramolecular Hbond substituents is 1. The summed E-state index contributed by atoms with van der Waals surface area (Å²) in [4.78, 5) is 58.3. The van der Waals surface area contributed by atoms with Crippen molar-refractivity contribution < 1.29 is 42.2 Å². The number of hydrogen-bond donors (Lipinski definition) is 1. The maximum atomic E-state index is 14.1. The fourth-order valence-corrected chi connectivity index (χ4v) is 7.09. The van der Waals surface area contributed by atoms with Crippen molar-refractivity contribution in [2.75, 3.05) is 19.2 Å². The van der Waals surface area contributed by atoms with Crippen molar-refractivity contribution in [3.8, 4) is 11.5 Å². The predicted molar refractivity (Wildman–Crippen MR) is 150 cm³/mol. The molecule has 1 aliphatic heterocycles. The Morgan fingerprint density at radius 2 is 1.82 bits per heavy atom. The van der Waals surface area contributed by atoms with E-state index in [1.165, 1.54) is 33.2 Å². The number of ether oxygens (including phenoxy) is 1. The van der Waals surface area contributed by atoms with Crippen LogP contribution in [0.3, 0.4) is 0 Å². The molecular formula is C31H25ClF3N3O6. The van der Waals surface area contributed by atoms with Crippen molar-refractivity contribution in [1.82, 2.24) is 9.99 Å². The molecule has 1 aromatic heterocycles. The molecule has 1 N–H and O–H groups in total. The van der Waals surface area contributed by atoms with E-state index >= 15 is 0 Å². The van der Waals surface area contributed by atoms with Gasteiger partial charge < -0.3 is 9.84 Å². The van der Waals surface area contributed by atoms with E-state index in [1.807, 2.05) is 0 Å².